The van der Waals surface area contributed by atoms with Gasteiger partial charge in [0, 0.05) is 24.6 Å². The average Bonchev–Trinajstić information content (AvgIpc) is 3.18. The van der Waals surface area contributed by atoms with E-state index in [2.05, 4.69) is 27.3 Å². The van der Waals surface area contributed by atoms with Crippen LogP contribution in [0.5, 0.6) is 0 Å². The Balaban J connectivity index is 1.90. The van der Waals surface area contributed by atoms with Crippen molar-refractivity contribution in [2.24, 2.45) is 5.41 Å². The standard InChI is InChI=1S/C15H21BrN2O/c1-17-11-15(8-9-15)14(19)18(2)10-7-12-5-3-4-6-13(12)16/h3-6,17H,7-11H2,1-2H3. The van der Waals surface area contributed by atoms with Gasteiger partial charge in [-0.05, 0) is 37.9 Å². The van der Waals surface area contributed by atoms with Crippen molar-refractivity contribution >= 4 is 21.8 Å². The molecular weight excluding hydrogens is 304 g/mol. The first-order valence-electron chi connectivity index (χ1n) is 6.73. The minimum absolute atomic E-state index is 0.114. The van der Waals surface area contributed by atoms with Crippen molar-refractivity contribution in [3.8, 4) is 0 Å². The van der Waals surface area contributed by atoms with E-state index in [4.69, 9.17) is 0 Å². The molecule has 0 radical (unpaired) electrons. The lowest BCUT2D eigenvalue weighted by molar-refractivity contribution is -0.135. The van der Waals surface area contributed by atoms with Gasteiger partial charge in [0.25, 0.3) is 0 Å². The van der Waals surface area contributed by atoms with Crippen molar-refractivity contribution in [2.45, 2.75) is 19.3 Å². The second-order valence-corrected chi connectivity index (χ2v) is 6.23. The first-order valence-corrected chi connectivity index (χ1v) is 7.52. The van der Waals surface area contributed by atoms with Gasteiger partial charge in [-0.15, -0.1) is 0 Å². The fourth-order valence-electron chi connectivity index (χ4n) is 2.45. The van der Waals surface area contributed by atoms with Crippen LogP contribution < -0.4 is 5.32 Å². The van der Waals surface area contributed by atoms with Crippen LogP contribution in [-0.2, 0) is 11.2 Å². The molecule has 0 aliphatic heterocycles. The zero-order valence-corrected chi connectivity index (χ0v) is 13.2. The Morgan fingerprint density at radius 1 is 1.42 bits per heavy atom. The third-order valence-electron chi connectivity index (χ3n) is 3.84. The third-order valence-corrected chi connectivity index (χ3v) is 4.62. The Labute approximate surface area is 123 Å². The van der Waals surface area contributed by atoms with Gasteiger partial charge >= 0.3 is 0 Å². The number of rotatable bonds is 6. The minimum Gasteiger partial charge on any atom is -0.345 e. The number of nitrogens with one attached hydrogen (secondary N) is 1. The van der Waals surface area contributed by atoms with Crippen molar-refractivity contribution in [3.05, 3.63) is 34.3 Å². The molecule has 1 amide bonds. The van der Waals surface area contributed by atoms with E-state index in [0.717, 1.165) is 36.8 Å². The molecule has 1 saturated carbocycles. The van der Waals surface area contributed by atoms with Crippen LogP contribution in [0.2, 0.25) is 0 Å². The number of carbonyl (C=O) groups excluding carboxylic acids is 1. The summed E-state index contributed by atoms with van der Waals surface area (Å²) in [5.74, 6) is 0.286. The molecule has 0 unspecified atom stereocenters. The molecule has 1 fully saturated rings. The predicted molar refractivity (Wildman–Crippen MR) is 81.1 cm³/mol. The Morgan fingerprint density at radius 3 is 2.68 bits per heavy atom. The van der Waals surface area contributed by atoms with Crippen molar-refractivity contribution < 1.29 is 4.79 Å². The zero-order chi connectivity index (χ0) is 13.9. The zero-order valence-electron chi connectivity index (χ0n) is 11.6. The number of carbonyl (C=O) groups is 1. The van der Waals surface area contributed by atoms with Gasteiger partial charge in [-0.25, -0.2) is 0 Å². The molecule has 3 nitrogen and oxygen atoms in total. The molecule has 0 bridgehead atoms. The molecule has 0 heterocycles. The van der Waals surface area contributed by atoms with E-state index in [-0.39, 0.29) is 11.3 Å². The van der Waals surface area contributed by atoms with Crippen LogP contribution >= 0.6 is 15.9 Å². The summed E-state index contributed by atoms with van der Waals surface area (Å²) in [6, 6.07) is 8.18. The summed E-state index contributed by atoms with van der Waals surface area (Å²) in [6.45, 7) is 1.57. The molecule has 4 heteroatoms. The number of benzene rings is 1. The van der Waals surface area contributed by atoms with Crippen LogP contribution in [0, 0.1) is 5.41 Å². The van der Waals surface area contributed by atoms with E-state index < -0.39 is 0 Å². The number of hydrogen-bond acceptors (Lipinski definition) is 2. The number of amides is 1. The summed E-state index contributed by atoms with van der Waals surface area (Å²) in [6.07, 6.45) is 2.93. The van der Waals surface area contributed by atoms with E-state index in [1.54, 1.807) is 0 Å². The van der Waals surface area contributed by atoms with Gasteiger partial charge in [-0.1, -0.05) is 34.1 Å². The number of halogens is 1. The lowest BCUT2D eigenvalue weighted by Gasteiger charge is -2.23. The summed E-state index contributed by atoms with van der Waals surface area (Å²) in [5, 5.41) is 3.13. The van der Waals surface area contributed by atoms with E-state index in [0.29, 0.717) is 0 Å². The van der Waals surface area contributed by atoms with Crippen LogP contribution in [-0.4, -0.2) is 38.0 Å². The lowest BCUT2D eigenvalue weighted by atomic mass is 10.1. The minimum atomic E-state index is -0.114. The number of likely N-dealkylation sites (N-methyl/N-ethyl adjacent to an activating group) is 1. The molecule has 19 heavy (non-hydrogen) atoms. The van der Waals surface area contributed by atoms with Gasteiger partial charge < -0.3 is 10.2 Å². The maximum atomic E-state index is 12.4. The highest BCUT2D eigenvalue weighted by Gasteiger charge is 2.50. The van der Waals surface area contributed by atoms with Crippen LogP contribution in [0.15, 0.2) is 28.7 Å². The fraction of sp³-hybridized carbons (Fsp3) is 0.533. The van der Waals surface area contributed by atoms with E-state index >= 15 is 0 Å². The highest BCUT2D eigenvalue weighted by atomic mass is 79.9. The molecule has 2 rings (SSSR count). The Morgan fingerprint density at radius 2 is 2.11 bits per heavy atom. The number of hydrogen-bond donors (Lipinski definition) is 1. The summed E-state index contributed by atoms with van der Waals surface area (Å²) < 4.78 is 1.12. The van der Waals surface area contributed by atoms with Crippen molar-refractivity contribution in [1.82, 2.24) is 10.2 Å². The molecule has 1 N–H and O–H groups in total. The first-order chi connectivity index (χ1) is 9.09. The Hall–Kier alpha value is -0.870. The molecule has 0 atom stereocenters. The normalized spacial score (nSPS) is 16.2. The van der Waals surface area contributed by atoms with Gasteiger partial charge in [0.05, 0.1) is 5.41 Å². The summed E-state index contributed by atoms with van der Waals surface area (Å²) in [7, 11) is 3.82. The summed E-state index contributed by atoms with van der Waals surface area (Å²) >= 11 is 3.55. The SMILES string of the molecule is CNCC1(C(=O)N(C)CCc2ccccc2Br)CC1. The second-order valence-electron chi connectivity index (χ2n) is 5.38. The monoisotopic (exact) mass is 324 g/mol. The van der Waals surface area contributed by atoms with Crippen molar-refractivity contribution in [2.75, 3.05) is 27.2 Å². The second kappa shape index (κ2) is 6.06. The fourth-order valence-corrected chi connectivity index (χ4v) is 2.93. The van der Waals surface area contributed by atoms with E-state index in [9.17, 15) is 4.79 Å². The Kier molecular flexibility index (Phi) is 4.63. The van der Waals surface area contributed by atoms with E-state index in [1.165, 1.54) is 5.56 Å². The van der Waals surface area contributed by atoms with Crippen LogP contribution in [0.25, 0.3) is 0 Å². The van der Waals surface area contributed by atoms with Gasteiger partial charge in [0.15, 0.2) is 0 Å². The molecule has 0 aromatic heterocycles. The van der Waals surface area contributed by atoms with E-state index in [1.807, 2.05) is 37.2 Å². The summed E-state index contributed by atoms with van der Waals surface area (Å²) in [5.41, 5.74) is 1.14. The topological polar surface area (TPSA) is 32.3 Å². The smallest absolute Gasteiger partial charge is 0.229 e. The quantitative estimate of drug-likeness (QED) is 0.871. The molecule has 1 aromatic rings. The third kappa shape index (κ3) is 3.37. The van der Waals surface area contributed by atoms with Gasteiger partial charge in [-0.2, -0.15) is 0 Å². The highest BCUT2D eigenvalue weighted by Crippen LogP contribution is 2.46. The molecule has 104 valence electrons. The largest absolute Gasteiger partial charge is 0.345 e. The van der Waals surface area contributed by atoms with Crippen molar-refractivity contribution in [3.63, 3.8) is 0 Å². The van der Waals surface area contributed by atoms with Gasteiger partial charge in [0.2, 0.25) is 5.91 Å². The molecule has 1 aromatic carbocycles. The molecular formula is C15H21BrN2O. The maximum absolute atomic E-state index is 12.4. The summed E-state index contributed by atoms with van der Waals surface area (Å²) in [4.78, 5) is 14.3. The first kappa shape index (κ1) is 14.5. The Bertz CT molecular complexity index is 457. The van der Waals surface area contributed by atoms with Gasteiger partial charge in [-0.3, -0.25) is 4.79 Å². The van der Waals surface area contributed by atoms with Crippen LogP contribution in [0.4, 0.5) is 0 Å². The maximum Gasteiger partial charge on any atom is 0.229 e. The lowest BCUT2D eigenvalue weighted by Crippen LogP contribution is -2.39. The molecule has 0 saturated heterocycles. The van der Waals surface area contributed by atoms with Gasteiger partial charge in [0.1, 0.15) is 0 Å². The predicted octanol–water partition coefficient (Wildman–Crippen LogP) is 2.45. The average molecular weight is 325 g/mol. The molecule has 1 aliphatic rings. The highest BCUT2D eigenvalue weighted by molar-refractivity contribution is 9.10. The van der Waals surface area contributed by atoms with Crippen LogP contribution in [0.1, 0.15) is 18.4 Å². The number of nitrogens with zero attached hydrogens (tertiary/aromatic N) is 1. The van der Waals surface area contributed by atoms with Crippen LogP contribution in [0.3, 0.4) is 0 Å². The van der Waals surface area contributed by atoms with Crippen molar-refractivity contribution in [1.29, 1.82) is 0 Å². The molecule has 1 aliphatic carbocycles. The molecule has 0 spiro atoms.